The third-order valence-corrected chi connectivity index (χ3v) is 11.7. The maximum atomic E-state index is 14.5. The number of nitrogens with zero attached hydrogens (tertiary/aromatic N) is 3. The van der Waals surface area contributed by atoms with Crippen LogP contribution >= 0.6 is 0 Å². The fourth-order valence-corrected chi connectivity index (χ4v) is 8.45. The number of ether oxygens (including phenoxy) is 1. The maximum absolute atomic E-state index is 14.5. The van der Waals surface area contributed by atoms with E-state index in [2.05, 4.69) is 30.4 Å². The summed E-state index contributed by atoms with van der Waals surface area (Å²) in [5.41, 5.74) is 4.66. The Balaban J connectivity index is 1.12. The van der Waals surface area contributed by atoms with Crippen molar-refractivity contribution >= 4 is 17.6 Å². The zero-order valence-electron chi connectivity index (χ0n) is 27.6. The highest BCUT2D eigenvalue weighted by Crippen LogP contribution is 2.58. The van der Waals surface area contributed by atoms with E-state index < -0.39 is 0 Å². The van der Waals surface area contributed by atoms with Crippen LogP contribution in [0.3, 0.4) is 0 Å². The Morgan fingerprint density at radius 2 is 1.74 bits per heavy atom. The van der Waals surface area contributed by atoms with Crippen LogP contribution in [-0.2, 0) is 15.0 Å². The van der Waals surface area contributed by atoms with E-state index in [-0.39, 0.29) is 34.6 Å². The zero-order chi connectivity index (χ0) is 31.9. The quantitative estimate of drug-likeness (QED) is 0.249. The van der Waals surface area contributed by atoms with Gasteiger partial charge in [0.05, 0.1) is 7.11 Å². The van der Waals surface area contributed by atoms with E-state index in [9.17, 15) is 9.59 Å². The lowest BCUT2D eigenvalue weighted by atomic mass is 9.51. The van der Waals surface area contributed by atoms with Crippen LogP contribution < -0.4 is 15.0 Å². The van der Waals surface area contributed by atoms with Crippen molar-refractivity contribution in [2.45, 2.75) is 115 Å². The predicted molar refractivity (Wildman–Crippen MR) is 178 cm³/mol. The molecule has 46 heavy (non-hydrogen) atoms. The van der Waals surface area contributed by atoms with Crippen LogP contribution in [0.25, 0.3) is 11.3 Å². The van der Waals surface area contributed by atoms with Gasteiger partial charge in [-0.2, -0.15) is 0 Å². The fourth-order valence-electron chi connectivity index (χ4n) is 8.45. The van der Waals surface area contributed by atoms with Crippen molar-refractivity contribution in [1.82, 2.24) is 15.3 Å². The molecule has 8 rings (SSSR count). The first-order chi connectivity index (χ1) is 22.3. The van der Waals surface area contributed by atoms with Gasteiger partial charge in [-0.05, 0) is 124 Å². The summed E-state index contributed by atoms with van der Waals surface area (Å²) in [5, 5.41) is 3.14. The van der Waals surface area contributed by atoms with Gasteiger partial charge in [0.2, 0.25) is 11.8 Å². The van der Waals surface area contributed by atoms with E-state index in [1.807, 2.05) is 30.2 Å². The summed E-state index contributed by atoms with van der Waals surface area (Å²) >= 11 is 0. The number of carbonyl (C=O) groups is 2. The van der Waals surface area contributed by atoms with Crippen molar-refractivity contribution in [3.05, 3.63) is 59.8 Å². The molecule has 3 aromatic rings. The van der Waals surface area contributed by atoms with Crippen LogP contribution in [0.4, 0.5) is 5.82 Å². The number of nitrogens with one attached hydrogen (secondary N) is 1. The summed E-state index contributed by atoms with van der Waals surface area (Å²) in [6.45, 7) is 4.71. The number of amides is 2. The molecule has 0 radical (unpaired) electrons. The SMILES string of the molecule is CCC(=O)NC1CCC(C(=O)N(CC23CCC(c4ccc(OC)c(C)c4)(CC2)CC3)c2cc(-c3coc(C4CC4)n3)ccn2)CC1. The van der Waals surface area contributed by atoms with E-state index in [4.69, 9.17) is 19.1 Å². The van der Waals surface area contributed by atoms with Crippen LogP contribution in [0.15, 0.2) is 47.2 Å². The van der Waals surface area contributed by atoms with E-state index in [0.29, 0.717) is 24.7 Å². The highest BCUT2D eigenvalue weighted by atomic mass is 16.5. The van der Waals surface area contributed by atoms with Crippen LogP contribution in [-0.4, -0.2) is 41.5 Å². The number of aromatic nitrogens is 2. The molecule has 5 saturated carbocycles. The molecule has 0 saturated heterocycles. The number of hydrogen-bond donors (Lipinski definition) is 1. The summed E-state index contributed by atoms with van der Waals surface area (Å²) in [7, 11) is 1.74. The number of benzene rings is 1. The Kier molecular flexibility index (Phi) is 8.41. The molecule has 0 unspecified atom stereocenters. The summed E-state index contributed by atoms with van der Waals surface area (Å²) in [6.07, 6.45) is 16.3. The van der Waals surface area contributed by atoms with Crippen LogP contribution in [0.1, 0.15) is 113 Å². The minimum Gasteiger partial charge on any atom is -0.496 e. The molecule has 5 fully saturated rings. The lowest BCUT2D eigenvalue weighted by Crippen LogP contribution is -2.52. The van der Waals surface area contributed by atoms with Crippen LogP contribution in [0.5, 0.6) is 5.75 Å². The van der Waals surface area contributed by atoms with Crippen molar-refractivity contribution in [3.63, 3.8) is 0 Å². The number of pyridine rings is 1. The van der Waals surface area contributed by atoms with Gasteiger partial charge >= 0.3 is 0 Å². The smallest absolute Gasteiger partial charge is 0.231 e. The zero-order valence-corrected chi connectivity index (χ0v) is 27.6. The summed E-state index contributed by atoms with van der Waals surface area (Å²) in [6, 6.07) is 10.9. The van der Waals surface area contributed by atoms with Gasteiger partial charge in [-0.1, -0.05) is 19.1 Å². The van der Waals surface area contributed by atoms with Gasteiger partial charge in [0, 0.05) is 42.6 Å². The molecule has 1 aromatic carbocycles. The van der Waals surface area contributed by atoms with Crippen molar-refractivity contribution in [1.29, 1.82) is 0 Å². The molecular weight excluding hydrogens is 576 g/mol. The Morgan fingerprint density at radius 1 is 1.00 bits per heavy atom. The third-order valence-electron chi connectivity index (χ3n) is 11.7. The minimum absolute atomic E-state index is 0.0706. The van der Waals surface area contributed by atoms with E-state index in [1.54, 1.807) is 13.4 Å². The van der Waals surface area contributed by atoms with Gasteiger partial charge in [0.15, 0.2) is 5.89 Å². The Bertz CT molecular complexity index is 1560. The molecule has 2 amide bonds. The van der Waals surface area contributed by atoms with Crippen molar-refractivity contribution in [2.75, 3.05) is 18.6 Å². The molecule has 5 aliphatic rings. The molecular formula is C38H48N4O4. The summed E-state index contributed by atoms with van der Waals surface area (Å²) in [4.78, 5) is 38.1. The lowest BCUT2D eigenvalue weighted by molar-refractivity contribution is -0.124. The molecule has 8 heteroatoms. The molecule has 0 aliphatic heterocycles. The Hall–Kier alpha value is -3.68. The van der Waals surface area contributed by atoms with Crippen molar-refractivity contribution in [3.8, 4) is 17.0 Å². The molecule has 2 aromatic heterocycles. The highest BCUT2D eigenvalue weighted by Gasteiger charge is 2.51. The normalized spacial score (nSPS) is 27.3. The average molecular weight is 625 g/mol. The van der Waals surface area contributed by atoms with Gasteiger partial charge < -0.3 is 14.5 Å². The fraction of sp³-hybridized carbons (Fsp3) is 0.579. The number of rotatable bonds is 10. The van der Waals surface area contributed by atoms with E-state index in [0.717, 1.165) is 99.9 Å². The molecule has 2 bridgehead atoms. The number of anilines is 1. The molecule has 0 atom stereocenters. The van der Waals surface area contributed by atoms with Crippen LogP contribution in [0.2, 0.25) is 0 Å². The standard InChI is InChI=1S/C38H48N4O4/c1-4-34(43)40-30-10-7-27(8-11-30)36(44)42(33-22-28(13-20-39-33)31-23-46-35(41-31)26-5-6-26)24-37-14-17-38(18-15-37,19-16-37)29-9-12-32(45-3)25(2)21-29/h9,12-13,20-23,26-27,30H,4-8,10-11,14-19,24H2,1-3H3,(H,40,43). The maximum Gasteiger partial charge on any atom is 0.231 e. The average Bonchev–Trinajstić information content (AvgIpc) is 3.83. The van der Waals surface area contributed by atoms with Crippen molar-refractivity contribution in [2.24, 2.45) is 11.3 Å². The number of hydrogen-bond acceptors (Lipinski definition) is 6. The van der Waals surface area contributed by atoms with Crippen molar-refractivity contribution < 1.29 is 18.7 Å². The van der Waals surface area contributed by atoms with Gasteiger partial charge in [-0.25, -0.2) is 9.97 Å². The van der Waals surface area contributed by atoms with Gasteiger partial charge in [-0.3, -0.25) is 14.5 Å². The largest absolute Gasteiger partial charge is 0.496 e. The molecule has 2 heterocycles. The number of aryl methyl sites for hydroxylation is 1. The second kappa shape index (κ2) is 12.5. The highest BCUT2D eigenvalue weighted by molar-refractivity contribution is 5.95. The minimum atomic E-state index is -0.0706. The predicted octanol–water partition coefficient (Wildman–Crippen LogP) is 7.64. The number of carbonyl (C=O) groups excluding carboxylic acids is 2. The Labute approximate surface area is 272 Å². The molecule has 244 valence electrons. The van der Waals surface area contributed by atoms with E-state index in [1.165, 1.54) is 11.1 Å². The summed E-state index contributed by atoms with van der Waals surface area (Å²) < 4.78 is 11.4. The molecule has 8 nitrogen and oxygen atoms in total. The molecule has 0 spiro atoms. The second-order valence-electron chi connectivity index (χ2n) is 14.6. The first-order valence-corrected chi connectivity index (χ1v) is 17.5. The van der Waals surface area contributed by atoms with E-state index >= 15 is 0 Å². The lowest BCUT2D eigenvalue weighted by Gasteiger charge is -2.55. The number of oxazole rings is 1. The Morgan fingerprint density at radius 3 is 2.39 bits per heavy atom. The molecule has 1 N–H and O–H groups in total. The molecule has 5 aliphatic carbocycles. The number of methoxy groups -OCH3 is 1. The summed E-state index contributed by atoms with van der Waals surface area (Å²) in [5.74, 6) is 3.10. The first kappa shape index (κ1) is 30.9. The third kappa shape index (κ3) is 6.07. The first-order valence-electron chi connectivity index (χ1n) is 17.5. The number of fused-ring (bicyclic) bond motifs is 3. The monoisotopic (exact) mass is 624 g/mol. The van der Waals surface area contributed by atoms with Crippen LogP contribution in [0, 0.1) is 18.3 Å². The van der Waals surface area contributed by atoms with Gasteiger partial charge in [-0.15, -0.1) is 0 Å². The topological polar surface area (TPSA) is 97.6 Å². The second-order valence-corrected chi connectivity index (χ2v) is 14.6. The van der Waals surface area contributed by atoms with Gasteiger partial charge in [0.1, 0.15) is 23.5 Å². The van der Waals surface area contributed by atoms with Gasteiger partial charge in [0.25, 0.3) is 0 Å².